The van der Waals surface area contributed by atoms with Gasteiger partial charge in [-0.05, 0) is 61.3 Å². The lowest BCUT2D eigenvalue weighted by molar-refractivity contribution is -0.137. The number of nitrogens with one attached hydrogen (secondary N) is 2. The number of anilines is 1. The number of halogens is 3. The maximum Gasteiger partial charge on any atom is 0.416 e. The molecule has 2 aromatic rings. The van der Waals surface area contributed by atoms with Crippen molar-refractivity contribution in [2.75, 3.05) is 5.32 Å². The molecule has 8 heteroatoms. The Morgan fingerprint density at radius 3 is 2.39 bits per heavy atom. The van der Waals surface area contributed by atoms with Crippen molar-refractivity contribution in [3.63, 3.8) is 0 Å². The minimum absolute atomic E-state index is 0.106. The lowest BCUT2D eigenvalue weighted by Crippen LogP contribution is -2.37. The number of benzene rings is 1. The molecule has 2 atom stereocenters. The highest BCUT2D eigenvalue weighted by atomic mass is 19.4. The fourth-order valence-corrected chi connectivity index (χ4v) is 4.52. The summed E-state index contributed by atoms with van der Waals surface area (Å²) in [6.45, 7) is 8.00. The Kier molecular flexibility index (Phi) is 6.48. The molecule has 1 saturated carbocycles. The van der Waals surface area contributed by atoms with E-state index in [2.05, 4.69) is 31.1 Å². The van der Waals surface area contributed by atoms with Gasteiger partial charge in [0.25, 0.3) is 5.91 Å². The van der Waals surface area contributed by atoms with E-state index in [1.807, 2.05) is 0 Å². The van der Waals surface area contributed by atoms with E-state index in [-0.39, 0.29) is 34.9 Å². The van der Waals surface area contributed by atoms with Gasteiger partial charge in [-0.25, -0.2) is 4.79 Å². The zero-order valence-corrected chi connectivity index (χ0v) is 18.0. The van der Waals surface area contributed by atoms with Gasteiger partial charge in [0.15, 0.2) is 0 Å². The van der Waals surface area contributed by atoms with E-state index in [0.717, 1.165) is 25.0 Å². The van der Waals surface area contributed by atoms with Crippen molar-refractivity contribution in [2.45, 2.75) is 52.8 Å². The standard InChI is InChI=1S/C23H27F3N2O3/c1-12-8-13(2)19(14(3)9-12)31-22(30)18-15(4)11-27-20(18)28-21(29)16-6-5-7-17(10-16)23(24,25)26/h5-7,10-14,19,27H,8-9H2,1-4H3,(H,28,29). The summed E-state index contributed by atoms with van der Waals surface area (Å²) in [5.41, 5.74) is -0.325. The summed E-state index contributed by atoms with van der Waals surface area (Å²) < 4.78 is 44.6. The van der Waals surface area contributed by atoms with Crippen LogP contribution in [0.4, 0.5) is 19.0 Å². The maximum absolute atomic E-state index is 12.9. The summed E-state index contributed by atoms with van der Waals surface area (Å²) in [4.78, 5) is 28.3. The fourth-order valence-electron chi connectivity index (χ4n) is 4.52. The molecular formula is C23H27F3N2O3. The first-order chi connectivity index (χ1) is 14.5. The third-order valence-corrected chi connectivity index (χ3v) is 5.89. The van der Waals surface area contributed by atoms with Gasteiger partial charge in [0.2, 0.25) is 0 Å². The number of aromatic nitrogens is 1. The number of carbonyl (C=O) groups is 2. The summed E-state index contributed by atoms with van der Waals surface area (Å²) >= 11 is 0. The lowest BCUT2D eigenvalue weighted by atomic mass is 9.75. The first-order valence-electron chi connectivity index (χ1n) is 10.3. The van der Waals surface area contributed by atoms with Gasteiger partial charge < -0.3 is 15.0 Å². The van der Waals surface area contributed by atoms with E-state index in [1.54, 1.807) is 13.1 Å². The van der Waals surface area contributed by atoms with Gasteiger partial charge in [-0.15, -0.1) is 0 Å². The number of aromatic amines is 1. The number of rotatable bonds is 4. The van der Waals surface area contributed by atoms with E-state index in [9.17, 15) is 22.8 Å². The molecule has 1 aromatic carbocycles. The summed E-state index contributed by atoms with van der Waals surface area (Å²) in [6.07, 6.45) is -1.31. The number of hydrogen-bond acceptors (Lipinski definition) is 3. The Morgan fingerprint density at radius 2 is 1.77 bits per heavy atom. The van der Waals surface area contributed by atoms with Crippen LogP contribution in [0.15, 0.2) is 30.5 Å². The average Bonchev–Trinajstić information content (AvgIpc) is 3.04. The predicted octanol–water partition coefficient (Wildman–Crippen LogP) is 5.82. The Balaban J connectivity index is 1.78. The number of amides is 1. The molecule has 31 heavy (non-hydrogen) atoms. The molecule has 0 spiro atoms. The second-order valence-electron chi connectivity index (χ2n) is 8.66. The number of esters is 1. The largest absolute Gasteiger partial charge is 0.458 e. The van der Waals surface area contributed by atoms with Crippen LogP contribution in [-0.2, 0) is 10.9 Å². The molecule has 1 heterocycles. The molecule has 2 N–H and O–H groups in total. The molecule has 0 radical (unpaired) electrons. The molecule has 1 amide bonds. The molecule has 0 bridgehead atoms. The minimum atomic E-state index is -4.56. The van der Waals surface area contributed by atoms with Gasteiger partial charge in [0.1, 0.15) is 17.5 Å². The van der Waals surface area contributed by atoms with Gasteiger partial charge in [0, 0.05) is 11.8 Å². The molecule has 2 unspecified atom stereocenters. The highest BCUT2D eigenvalue weighted by Gasteiger charge is 2.35. The Hall–Kier alpha value is -2.77. The van der Waals surface area contributed by atoms with E-state index in [1.165, 1.54) is 12.1 Å². The zero-order valence-electron chi connectivity index (χ0n) is 18.0. The first-order valence-corrected chi connectivity index (χ1v) is 10.3. The number of ether oxygens (including phenoxy) is 1. The number of alkyl halides is 3. The second kappa shape index (κ2) is 8.77. The molecule has 3 rings (SSSR count). The summed E-state index contributed by atoms with van der Waals surface area (Å²) in [6, 6.07) is 4.12. The number of carbonyl (C=O) groups excluding carboxylic acids is 2. The number of H-pyrrole nitrogens is 1. The Labute approximate surface area is 179 Å². The van der Waals surface area contributed by atoms with Crippen LogP contribution >= 0.6 is 0 Å². The summed E-state index contributed by atoms with van der Waals surface area (Å²) in [5, 5.41) is 2.51. The smallest absolute Gasteiger partial charge is 0.416 e. The number of hydrogen-bond donors (Lipinski definition) is 2. The minimum Gasteiger partial charge on any atom is -0.458 e. The van der Waals surface area contributed by atoms with Gasteiger partial charge in [-0.1, -0.05) is 26.8 Å². The van der Waals surface area contributed by atoms with Crippen LogP contribution in [0.25, 0.3) is 0 Å². The molecule has 0 aliphatic heterocycles. The number of aryl methyl sites for hydroxylation is 1. The van der Waals surface area contributed by atoms with Crippen molar-refractivity contribution in [2.24, 2.45) is 17.8 Å². The normalized spacial score (nSPS) is 24.0. The second-order valence-corrected chi connectivity index (χ2v) is 8.66. The van der Waals surface area contributed by atoms with Gasteiger partial charge in [-0.2, -0.15) is 13.2 Å². The molecule has 168 valence electrons. The highest BCUT2D eigenvalue weighted by Crippen LogP contribution is 2.36. The topological polar surface area (TPSA) is 71.2 Å². The van der Waals surface area contributed by atoms with Crippen molar-refractivity contribution in [3.05, 3.63) is 52.7 Å². The van der Waals surface area contributed by atoms with Gasteiger partial charge >= 0.3 is 12.1 Å². The summed E-state index contributed by atoms with van der Waals surface area (Å²) in [7, 11) is 0. The van der Waals surface area contributed by atoms with E-state index in [4.69, 9.17) is 4.74 Å². The molecule has 1 fully saturated rings. The van der Waals surface area contributed by atoms with Crippen molar-refractivity contribution >= 4 is 17.7 Å². The maximum atomic E-state index is 12.9. The van der Waals surface area contributed by atoms with Gasteiger partial charge in [-0.3, -0.25) is 4.79 Å². The lowest BCUT2D eigenvalue weighted by Gasteiger charge is -2.37. The van der Waals surface area contributed by atoms with E-state index in [0.29, 0.717) is 11.5 Å². The van der Waals surface area contributed by atoms with Crippen LogP contribution in [-0.4, -0.2) is 23.0 Å². The van der Waals surface area contributed by atoms with Crippen molar-refractivity contribution in [1.29, 1.82) is 0 Å². The molecule has 1 aromatic heterocycles. The summed E-state index contributed by atoms with van der Waals surface area (Å²) in [5.74, 6) is -0.215. The quantitative estimate of drug-likeness (QED) is 0.593. The SMILES string of the molecule is Cc1c[nH]c(NC(=O)c2cccc(C(F)(F)F)c2)c1C(=O)OC1C(C)CC(C)CC1C. The molecular weight excluding hydrogens is 409 g/mol. The van der Waals surface area contributed by atoms with Crippen LogP contribution in [0.1, 0.15) is 65.5 Å². The van der Waals surface area contributed by atoms with E-state index < -0.39 is 23.6 Å². The van der Waals surface area contributed by atoms with Crippen LogP contribution in [0.5, 0.6) is 0 Å². The zero-order chi connectivity index (χ0) is 22.9. The highest BCUT2D eigenvalue weighted by molar-refractivity contribution is 6.07. The molecule has 1 aliphatic rings. The van der Waals surface area contributed by atoms with Crippen molar-refractivity contribution in [3.8, 4) is 0 Å². The van der Waals surface area contributed by atoms with E-state index >= 15 is 0 Å². The van der Waals surface area contributed by atoms with Crippen LogP contribution < -0.4 is 5.32 Å². The molecule has 5 nitrogen and oxygen atoms in total. The van der Waals surface area contributed by atoms with Crippen LogP contribution in [0.2, 0.25) is 0 Å². The predicted molar refractivity (Wildman–Crippen MR) is 111 cm³/mol. The van der Waals surface area contributed by atoms with Crippen molar-refractivity contribution in [1.82, 2.24) is 4.98 Å². The molecule has 1 aliphatic carbocycles. The third kappa shape index (κ3) is 5.11. The fraction of sp³-hybridized carbons (Fsp3) is 0.478. The van der Waals surface area contributed by atoms with Crippen molar-refractivity contribution < 1.29 is 27.5 Å². The first kappa shape index (κ1) is 22.9. The molecule has 0 saturated heterocycles. The Morgan fingerprint density at radius 1 is 1.13 bits per heavy atom. The monoisotopic (exact) mass is 436 g/mol. The van der Waals surface area contributed by atoms with Crippen LogP contribution in [0.3, 0.4) is 0 Å². The average molecular weight is 436 g/mol. The van der Waals surface area contributed by atoms with Crippen LogP contribution in [0, 0.1) is 24.7 Å². The Bertz CT molecular complexity index is 955. The third-order valence-electron chi connectivity index (χ3n) is 5.89. The van der Waals surface area contributed by atoms with Gasteiger partial charge in [0.05, 0.1) is 5.56 Å².